The second kappa shape index (κ2) is 11.8. The van der Waals surface area contributed by atoms with Crippen LogP contribution in [-0.4, -0.2) is 72.6 Å². The average Bonchev–Trinajstić information content (AvgIpc) is 3.22. The van der Waals surface area contributed by atoms with Crippen molar-refractivity contribution >= 4 is 59.7 Å². The van der Waals surface area contributed by atoms with Gasteiger partial charge in [0.15, 0.2) is 0 Å². The Hall–Kier alpha value is -3.35. The first-order chi connectivity index (χ1) is 17.4. The molecule has 1 amide bonds. The Bertz CT molecular complexity index is 1390. The van der Waals surface area contributed by atoms with Gasteiger partial charge in [-0.25, -0.2) is 0 Å². The summed E-state index contributed by atoms with van der Waals surface area (Å²) >= 11 is 0.225. The number of fused-ring (bicyclic) bond motifs is 1. The number of rotatable bonds is 5. The number of hydrogen-bond acceptors (Lipinski definition) is 6. The van der Waals surface area contributed by atoms with Crippen LogP contribution < -0.4 is 10.5 Å². The van der Waals surface area contributed by atoms with Crippen molar-refractivity contribution < 1.29 is 42.1 Å². The number of halogens is 3. The molecule has 4 rings (SSSR count). The van der Waals surface area contributed by atoms with Crippen LogP contribution in [0.4, 0.5) is 28.4 Å². The van der Waals surface area contributed by atoms with Gasteiger partial charge in [-0.1, -0.05) is 25.1 Å². The van der Waals surface area contributed by atoms with Crippen molar-refractivity contribution in [2.45, 2.75) is 25.6 Å². The van der Waals surface area contributed by atoms with Crippen LogP contribution >= 0.6 is 0 Å². The van der Waals surface area contributed by atoms with Gasteiger partial charge < -0.3 is 5.11 Å². The fourth-order valence-electron chi connectivity index (χ4n) is 3.56. The van der Waals surface area contributed by atoms with Gasteiger partial charge in [0.05, 0.1) is 5.56 Å². The number of nitrogens with one attached hydrogen (secondary N) is 1. The molecule has 2 aromatic carbocycles. The van der Waals surface area contributed by atoms with Gasteiger partial charge in [0.2, 0.25) is 0 Å². The Morgan fingerprint density at radius 2 is 1.86 bits per heavy atom. The number of ether oxygens (including phenoxy) is 2. The van der Waals surface area contributed by atoms with Crippen LogP contribution in [0.3, 0.4) is 0 Å². The summed E-state index contributed by atoms with van der Waals surface area (Å²) in [4.78, 5) is 49.1. The van der Waals surface area contributed by atoms with E-state index in [0.717, 1.165) is 6.07 Å². The van der Waals surface area contributed by atoms with Gasteiger partial charge in [-0.2, -0.15) is 13.2 Å². The Kier molecular flexibility index (Phi) is 9.00. The predicted octanol–water partition coefficient (Wildman–Crippen LogP) is 4.33. The van der Waals surface area contributed by atoms with Crippen molar-refractivity contribution in [3.63, 3.8) is 0 Å². The predicted molar refractivity (Wildman–Crippen MR) is 128 cm³/mol. The van der Waals surface area contributed by atoms with Gasteiger partial charge in [0, 0.05) is 12.0 Å². The number of aliphatic carboxylic acids is 1. The summed E-state index contributed by atoms with van der Waals surface area (Å²) in [6, 6.07) is 11.0. The molecule has 190 valence electrons. The topological polar surface area (TPSA) is 126 Å². The number of nitrogens with zero attached hydrogens (tertiary/aromatic N) is 1. The number of pyridine rings is 1. The van der Waals surface area contributed by atoms with Gasteiger partial charge in [0.25, 0.3) is 0 Å². The number of H-pyrrole nitrogens is 1. The standard InChI is InChI=1S/C21H14F3N2O5.C3H6O2.Na/c22-21(23,24)17-4-2-1-3-15(17)18-7-12-5-6-13(8-16(12)19(28)25-18)26-9-14(10-30-11-27)31-20(26)29;1-2-3(4)5;/h1-8,14H,9-10H2,(H,25,28);2H2,1H3,(H,4,5);. The second-order valence-corrected chi connectivity index (χ2v) is 8.81. The Morgan fingerprint density at radius 3 is 2.49 bits per heavy atom. The molecule has 1 aliphatic heterocycles. The van der Waals surface area contributed by atoms with Crippen molar-refractivity contribution in [2.75, 3.05) is 18.1 Å². The monoisotopic (exact) mass is 528 g/mol. The second-order valence-electron chi connectivity index (χ2n) is 7.99. The molecule has 1 unspecified atom stereocenters. The van der Waals surface area contributed by atoms with Crippen molar-refractivity contribution in [3.05, 3.63) is 64.4 Å². The number of benzene rings is 2. The molecular formula is C24H20F3N2NaO7. The molecule has 2 heterocycles. The molecule has 0 bridgehead atoms. The Balaban J connectivity index is 0.000000695. The van der Waals surface area contributed by atoms with Crippen LogP contribution in [-0.2, 0) is 20.4 Å². The van der Waals surface area contributed by atoms with Gasteiger partial charge >= 0.3 is 154 Å². The molecule has 0 saturated carbocycles. The zero-order valence-corrected chi connectivity index (χ0v) is 21.8. The minimum atomic E-state index is -4.58. The molecule has 1 aromatic heterocycles. The molecular weight excluding hydrogens is 508 g/mol. The number of alkyl halides is 3. The van der Waals surface area contributed by atoms with E-state index < -0.39 is 35.5 Å². The van der Waals surface area contributed by atoms with E-state index in [0.29, 0.717) is 11.1 Å². The molecule has 2 N–H and O–H groups in total. The normalized spacial score (nSPS) is 15.1. The summed E-state index contributed by atoms with van der Waals surface area (Å²) < 4.78 is 49.9. The van der Waals surface area contributed by atoms with Crippen LogP contribution in [0.1, 0.15) is 18.9 Å². The first kappa shape index (κ1) is 28.2. The van der Waals surface area contributed by atoms with E-state index >= 15 is 0 Å². The summed E-state index contributed by atoms with van der Waals surface area (Å²) in [6.45, 7) is 1.68. The molecule has 0 spiro atoms. The summed E-state index contributed by atoms with van der Waals surface area (Å²) in [7, 11) is 0. The van der Waals surface area contributed by atoms with E-state index in [9.17, 15) is 32.3 Å². The fourth-order valence-corrected chi connectivity index (χ4v) is 3.72. The minimum absolute atomic E-state index is 0.0359. The molecule has 0 radical (unpaired) electrons. The quantitative estimate of drug-likeness (QED) is 0.473. The van der Waals surface area contributed by atoms with Crippen LogP contribution in [0, 0.1) is 0 Å². The van der Waals surface area contributed by atoms with E-state index in [2.05, 4.69) is 4.98 Å². The number of aromatic amines is 1. The molecule has 3 aromatic rings. The molecule has 1 atom stereocenters. The number of anilines is 1. The number of hydrogen-bond donors (Lipinski definition) is 2. The summed E-state index contributed by atoms with van der Waals surface area (Å²) in [5.74, 6) is -0.745. The van der Waals surface area contributed by atoms with Crippen LogP contribution in [0.15, 0.2) is 53.3 Å². The van der Waals surface area contributed by atoms with Crippen molar-refractivity contribution in [2.24, 2.45) is 0 Å². The number of carboxylic acid groups (broad SMARTS) is 1. The number of carboxylic acids is 1. The van der Waals surface area contributed by atoms with Crippen molar-refractivity contribution in [1.29, 1.82) is 0 Å². The molecule has 13 heteroatoms. The fraction of sp³-hybridized carbons (Fsp3) is 0.250. The average molecular weight is 528 g/mol. The molecule has 1 fully saturated rings. The summed E-state index contributed by atoms with van der Waals surface area (Å²) in [6.07, 6.45) is -5.63. The molecule has 1 aliphatic rings. The zero-order chi connectivity index (χ0) is 27.3. The van der Waals surface area contributed by atoms with Gasteiger partial charge in [-0.15, -0.1) is 0 Å². The molecule has 9 nitrogen and oxygen atoms in total. The summed E-state index contributed by atoms with van der Waals surface area (Å²) in [5.41, 5.74) is -1.16. The molecule has 1 saturated heterocycles. The van der Waals surface area contributed by atoms with E-state index in [4.69, 9.17) is 14.6 Å². The van der Waals surface area contributed by atoms with E-state index in [1.807, 2.05) is 0 Å². The SMILES string of the molecule is CCC(=O)O.O=[C]([Na])OCC1CN(c2ccc3cc(-c4ccccc4C(F)(F)F)[nH]c(=O)c3c2)C(=O)O1. The first-order valence-corrected chi connectivity index (χ1v) is 12.1. The van der Waals surface area contributed by atoms with Gasteiger partial charge in [0.1, 0.15) is 0 Å². The number of carbonyl (C=O) groups is 3. The third kappa shape index (κ3) is 7.12. The van der Waals surface area contributed by atoms with E-state index in [1.165, 1.54) is 35.2 Å². The maximum atomic E-state index is 13.4. The van der Waals surface area contributed by atoms with Crippen molar-refractivity contribution in [1.82, 2.24) is 4.98 Å². The number of aromatic nitrogens is 1. The van der Waals surface area contributed by atoms with Gasteiger partial charge in [-0.05, 0) is 6.07 Å². The van der Waals surface area contributed by atoms with Crippen LogP contribution in [0.5, 0.6) is 0 Å². The van der Waals surface area contributed by atoms with Gasteiger partial charge in [-0.3, -0.25) is 4.79 Å². The third-order valence-corrected chi connectivity index (χ3v) is 5.60. The molecule has 37 heavy (non-hydrogen) atoms. The zero-order valence-electron chi connectivity index (χ0n) is 19.8. The summed E-state index contributed by atoms with van der Waals surface area (Å²) in [5, 5.41) is 8.34. The van der Waals surface area contributed by atoms with E-state index in [-0.39, 0.29) is 67.4 Å². The van der Waals surface area contributed by atoms with Crippen molar-refractivity contribution in [3.8, 4) is 11.3 Å². The number of amides is 1. The van der Waals surface area contributed by atoms with Crippen LogP contribution in [0.2, 0.25) is 0 Å². The third-order valence-electron chi connectivity index (χ3n) is 5.31. The Morgan fingerprint density at radius 1 is 1.19 bits per heavy atom. The molecule has 0 aliphatic carbocycles. The maximum absolute atomic E-state index is 13.4. The first-order valence-electron chi connectivity index (χ1n) is 11.1. The van der Waals surface area contributed by atoms with E-state index in [1.54, 1.807) is 19.1 Å². The Labute approximate surface area is 225 Å². The number of cyclic esters (lactones) is 1. The van der Waals surface area contributed by atoms with Crippen LogP contribution in [0.25, 0.3) is 22.0 Å². The number of carbonyl (C=O) groups excluding carboxylic acids is 2.